The van der Waals surface area contributed by atoms with Gasteiger partial charge in [0.2, 0.25) is 10.0 Å². The Morgan fingerprint density at radius 2 is 1.76 bits per heavy atom. The van der Waals surface area contributed by atoms with E-state index in [2.05, 4.69) is 22.4 Å². The second kappa shape index (κ2) is 8.45. The number of hydrogen-bond acceptors (Lipinski definition) is 7. The van der Waals surface area contributed by atoms with Gasteiger partial charge in [-0.3, -0.25) is 10.1 Å². The lowest BCUT2D eigenvalue weighted by atomic mass is 10.0. The number of para-hydroxylation sites is 1. The number of fused-ring (bicyclic) bond motifs is 1. The van der Waals surface area contributed by atoms with Gasteiger partial charge in [0, 0.05) is 24.0 Å². The first-order chi connectivity index (χ1) is 15.9. The van der Waals surface area contributed by atoms with Crippen molar-refractivity contribution in [2.75, 3.05) is 18.4 Å². The van der Waals surface area contributed by atoms with Crippen LogP contribution in [0.3, 0.4) is 0 Å². The molecule has 1 aliphatic heterocycles. The Hall–Kier alpha value is -3.50. The number of furan rings is 1. The third kappa shape index (κ3) is 4.27. The summed E-state index contributed by atoms with van der Waals surface area (Å²) in [5, 5.41) is 11.2. The Balaban J connectivity index is 1.28. The normalized spacial score (nSPS) is 15.7. The fourth-order valence-corrected chi connectivity index (χ4v) is 5.25. The third-order valence-electron chi connectivity index (χ3n) is 5.78. The van der Waals surface area contributed by atoms with Crippen molar-refractivity contribution in [2.24, 2.45) is 5.92 Å². The third-order valence-corrected chi connectivity index (χ3v) is 7.69. The number of aromatic nitrogens is 2. The average Bonchev–Trinajstić information content (AvgIpc) is 3.46. The van der Waals surface area contributed by atoms with Crippen LogP contribution in [-0.4, -0.2) is 41.9 Å². The molecule has 5 rings (SSSR count). The lowest BCUT2D eigenvalue weighted by molar-refractivity contribution is 0.102. The molecule has 0 radical (unpaired) electrons. The minimum absolute atomic E-state index is 0.0883. The van der Waals surface area contributed by atoms with Crippen molar-refractivity contribution < 1.29 is 22.0 Å². The molecule has 10 heteroatoms. The summed E-state index contributed by atoms with van der Waals surface area (Å²) < 4.78 is 38.4. The zero-order chi connectivity index (χ0) is 23.0. The van der Waals surface area contributed by atoms with Crippen molar-refractivity contribution in [1.82, 2.24) is 14.5 Å². The zero-order valence-corrected chi connectivity index (χ0v) is 18.7. The van der Waals surface area contributed by atoms with Gasteiger partial charge in [-0.2, -0.15) is 4.31 Å². The van der Waals surface area contributed by atoms with E-state index in [0.29, 0.717) is 30.4 Å². The fourth-order valence-electron chi connectivity index (χ4n) is 3.78. The van der Waals surface area contributed by atoms with Gasteiger partial charge in [-0.1, -0.05) is 30.2 Å². The van der Waals surface area contributed by atoms with Crippen molar-refractivity contribution in [3.63, 3.8) is 0 Å². The number of carbonyl (C=O) groups excluding carboxylic acids is 1. The van der Waals surface area contributed by atoms with Gasteiger partial charge in [-0.05, 0) is 55.2 Å². The molecule has 0 aliphatic carbocycles. The van der Waals surface area contributed by atoms with Gasteiger partial charge in [-0.15, -0.1) is 5.10 Å². The first kappa shape index (κ1) is 21.4. The molecule has 3 heterocycles. The van der Waals surface area contributed by atoms with Crippen LogP contribution in [0.5, 0.6) is 0 Å². The van der Waals surface area contributed by atoms with Gasteiger partial charge in [0.1, 0.15) is 5.58 Å². The van der Waals surface area contributed by atoms with E-state index < -0.39 is 15.9 Å². The first-order valence-corrected chi connectivity index (χ1v) is 12.1. The van der Waals surface area contributed by atoms with E-state index in [9.17, 15) is 13.2 Å². The van der Waals surface area contributed by atoms with Crippen LogP contribution in [0.15, 0.2) is 68.3 Å². The van der Waals surface area contributed by atoms with Crippen molar-refractivity contribution in [3.8, 4) is 11.7 Å². The molecule has 170 valence electrons. The second-order valence-corrected chi connectivity index (χ2v) is 10.1. The molecule has 33 heavy (non-hydrogen) atoms. The maximum absolute atomic E-state index is 12.9. The molecule has 0 unspecified atom stereocenters. The lowest BCUT2D eigenvalue weighted by Crippen LogP contribution is -2.37. The van der Waals surface area contributed by atoms with E-state index in [1.807, 2.05) is 24.3 Å². The standard InChI is InChI=1S/C23H22N4O5S/c1-15-10-12-27(13-11-15)33(29,30)18-8-6-16(7-9-18)21(28)24-23-26-25-22(32-23)20-14-17-4-2-3-5-19(17)31-20/h2-9,14-15H,10-13H2,1H3,(H,24,26,28). The highest BCUT2D eigenvalue weighted by Gasteiger charge is 2.28. The van der Waals surface area contributed by atoms with Gasteiger partial charge in [-0.25, -0.2) is 8.42 Å². The second-order valence-electron chi connectivity index (χ2n) is 8.13. The smallest absolute Gasteiger partial charge is 0.322 e. The van der Waals surface area contributed by atoms with Crippen LogP contribution in [-0.2, 0) is 10.0 Å². The molecule has 0 saturated carbocycles. The molecule has 1 aliphatic rings. The summed E-state index contributed by atoms with van der Waals surface area (Å²) in [5.74, 6) is 0.565. The quantitative estimate of drug-likeness (QED) is 0.469. The van der Waals surface area contributed by atoms with Gasteiger partial charge in [0.15, 0.2) is 5.76 Å². The van der Waals surface area contributed by atoms with E-state index >= 15 is 0 Å². The highest BCUT2D eigenvalue weighted by Crippen LogP contribution is 2.28. The Morgan fingerprint density at radius 1 is 1.03 bits per heavy atom. The van der Waals surface area contributed by atoms with Crippen LogP contribution in [0.2, 0.25) is 0 Å². The Morgan fingerprint density at radius 3 is 2.48 bits per heavy atom. The molecule has 0 bridgehead atoms. The monoisotopic (exact) mass is 466 g/mol. The van der Waals surface area contributed by atoms with Crippen LogP contribution < -0.4 is 5.32 Å². The number of nitrogens with zero attached hydrogens (tertiary/aromatic N) is 3. The van der Waals surface area contributed by atoms with Crippen LogP contribution in [0, 0.1) is 5.92 Å². The maximum Gasteiger partial charge on any atom is 0.322 e. The van der Waals surface area contributed by atoms with Crippen LogP contribution in [0.25, 0.3) is 22.6 Å². The molecule has 0 atom stereocenters. The number of nitrogens with one attached hydrogen (secondary N) is 1. The van der Waals surface area contributed by atoms with Crippen LogP contribution in [0.4, 0.5) is 6.01 Å². The van der Waals surface area contributed by atoms with Gasteiger partial charge in [0.25, 0.3) is 11.8 Å². The van der Waals surface area contributed by atoms with Crippen molar-refractivity contribution in [3.05, 3.63) is 60.2 Å². The minimum Gasteiger partial charge on any atom is -0.451 e. The summed E-state index contributed by atoms with van der Waals surface area (Å²) in [7, 11) is -3.57. The van der Waals surface area contributed by atoms with Gasteiger partial charge >= 0.3 is 6.01 Å². The number of anilines is 1. The van der Waals surface area contributed by atoms with Crippen molar-refractivity contribution >= 4 is 32.9 Å². The molecular formula is C23H22N4O5S. The summed E-state index contributed by atoms with van der Waals surface area (Å²) in [6.45, 7) is 3.15. The molecule has 1 fully saturated rings. The SMILES string of the molecule is CC1CCN(S(=O)(=O)c2ccc(C(=O)Nc3nnc(-c4cc5ccccc5o4)o3)cc2)CC1. The van der Waals surface area contributed by atoms with E-state index in [-0.39, 0.29) is 22.4 Å². The van der Waals surface area contributed by atoms with Crippen LogP contribution >= 0.6 is 0 Å². The molecule has 9 nitrogen and oxygen atoms in total. The highest BCUT2D eigenvalue weighted by molar-refractivity contribution is 7.89. The first-order valence-electron chi connectivity index (χ1n) is 10.6. The average molecular weight is 467 g/mol. The number of carbonyl (C=O) groups is 1. The molecule has 2 aromatic heterocycles. The molecule has 1 N–H and O–H groups in total. The highest BCUT2D eigenvalue weighted by atomic mass is 32.2. The molecule has 1 amide bonds. The summed E-state index contributed by atoms with van der Waals surface area (Å²) in [4.78, 5) is 12.7. The predicted molar refractivity (Wildman–Crippen MR) is 121 cm³/mol. The van der Waals surface area contributed by atoms with Gasteiger partial charge in [0.05, 0.1) is 4.90 Å². The summed E-state index contributed by atoms with van der Waals surface area (Å²) >= 11 is 0. The topological polar surface area (TPSA) is 119 Å². The predicted octanol–water partition coefficient (Wildman–Crippen LogP) is 4.16. The molecular weight excluding hydrogens is 444 g/mol. The molecule has 1 saturated heterocycles. The van der Waals surface area contributed by atoms with Crippen LogP contribution in [0.1, 0.15) is 30.1 Å². The van der Waals surface area contributed by atoms with E-state index in [4.69, 9.17) is 8.83 Å². The Bertz CT molecular complexity index is 1370. The molecule has 4 aromatic rings. The van der Waals surface area contributed by atoms with E-state index in [1.165, 1.54) is 28.6 Å². The number of benzene rings is 2. The van der Waals surface area contributed by atoms with E-state index in [0.717, 1.165) is 18.2 Å². The maximum atomic E-state index is 12.9. The zero-order valence-electron chi connectivity index (χ0n) is 17.9. The summed E-state index contributed by atoms with van der Waals surface area (Å²) in [6.07, 6.45) is 1.69. The number of hydrogen-bond donors (Lipinski definition) is 1. The molecule has 0 spiro atoms. The van der Waals surface area contributed by atoms with Gasteiger partial charge < -0.3 is 8.83 Å². The Kier molecular flexibility index (Phi) is 5.47. The number of rotatable bonds is 5. The fraction of sp³-hybridized carbons (Fsp3) is 0.261. The largest absolute Gasteiger partial charge is 0.451 e. The molecule has 2 aromatic carbocycles. The Labute approximate surface area is 190 Å². The number of piperidine rings is 1. The summed E-state index contributed by atoms with van der Waals surface area (Å²) in [6, 6.07) is 15.0. The lowest BCUT2D eigenvalue weighted by Gasteiger charge is -2.29. The number of amides is 1. The van der Waals surface area contributed by atoms with E-state index in [1.54, 1.807) is 6.07 Å². The van der Waals surface area contributed by atoms with Crippen molar-refractivity contribution in [2.45, 2.75) is 24.7 Å². The van der Waals surface area contributed by atoms with Crippen molar-refractivity contribution in [1.29, 1.82) is 0 Å². The number of sulfonamides is 1. The summed E-state index contributed by atoms with van der Waals surface area (Å²) in [5.41, 5.74) is 0.954. The minimum atomic E-state index is -3.57.